The van der Waals surface area contributed by atoms with Gasteiger partial charge < -0.3 is 9.47 Å². The van der Waals surface area contributed by atoms with Gasteiger partial charge in [0, 0.05) is 12.8 Å². The monoisotopic (exact) mass is 291 g/mol. The molecule has 0 saturated carbocycles. The number of hydrogen-bond acceptors (Lipinski definition) is 4. The fourth-order valence-corrected chi connectivity index (χ4v) is 1.50. The Labute approximate surface area is 116 Å². The van der Waals surface area contributed by atoms with Gasteiger partial charge in [-0.15, -0.1) is 0 Å². The first-order chi connectivity index (χ1) is 8.50. The maximum atomic E-state index is 11.7. The summed E-state index contributed by atoms with van der Waals surface area (Å²) < 4.78 is 10.3. The number of ether oxygens (including phenoxy) is 2. The van der Waals surface area contributed by atoms with Crippen LogP contribution in [0.15, 0.2) is 12.3 Å². The Bertz CT molecular complexity index is 410. The number of carbonyl (C=O) groups excluding carboxylic acids is 1. The zero-order valence-corrected chi connectivity index (χ0v) is 11.8. The van der Waals surface area contributed by atoms with Crippen LogP contribution >= 0.6 is 23.2 Å². The number of nitrogens with zero attached hydrogens (tertiary/aromatic N) is 1. The second-order valence-corrected chi connectivity index (χ2v) is 4.89. The first kappa shape index (κ1) is 15.2. The third-order valence-electron chi connectivity index (χ3n) is 1.95. The van der Waals surface area contributed by atoms with Crippen LogP contribution in [-0.4, -0.2) is 30.8 Å². The summed E-state index contributed by atoms with van der Waals surface area (Å²) >= 11 is 11.5. The molecular weight excluding hydrogens is 277 g/mol. The minimum Gasteiger partial charge on any atom is -0.460 e. The van der Waals surface area contributed by atoms with Crippen LogP contribution in [0.1, 0.15) is 24.2 Å². The highest BCUT2D eigenvalue weighted by Gasteiger charge is 2.13. The van der Waals surface area contributed by atoms with E-state index in [9.17, 15) is 4.79 Å². The van der Waals surface area contributed by atoms with Crippen molar-refractivity contribution >= 4 is 29.2 Å². The van der Waals surface area contributed by atoms with E-state index in [1.165, 1.54) is 12.3 Å². The van der Waals surface area contributed by atoms with Crippen LogP contribution in [0.4, 0.5) is 0 Å². The lowest BCUT2D eigenvalue weighted by Crippen LogP contribution is -2.13. The summed E-state index contributed by atoms with van der Waals surface area (Å²) in [6.45, 7) is 5.27. The molecular formula is C12H15Cl2NO3. The lowest BCUT2D eigenvalue weighted by atomic mass is 10.2. The zero-order chi connectivity index (χ0) is 13.5. The Hall–Kier alpha value is -0.840. The number of pyridine rings is 1. The van der Waals surface area contributed by atoms with Crippen molar-refractivity contribution in [2.24, 2.45) is 5.92 Å². The molecule has 18 heavy (non-hydrogen) atoms. The molecule has 0 fully saturated rings. The third-order valence-corrected chi connectivity index (χ3v) is 2.46. The minimum absolute atomic E-state index is 0.182. The topological polar surface area (TPSA) is 48.4 Å². The Kier molecular flexibility index (Phi) is 6.39. The SMILES string of the molecule is CC(C)COCCOC(=O)c1cc(Cl)ncc1Cl. The van der Waals surface area contributed by atoms with Gasteiger partial charge in [0.25, 0.3) is 0 Å². The van der Waals surface area contributed by atoms with Crippen LogP contribution in [0, 0.1) is 5.92 Å². The molecule has 1 heterocycles. The van der Waals surface area contributed by atoms with Gasteiger partial charge in [0.2, 0.25) is 0 Å². The molecule has 0 saturated heterocycles. The third kappa shape index (κ3) is 5.21. The lowest BCUT2D eigenvalue weighted by Gasteiger charge is -2.08. The molecule has 0 atom stereocenters. The highest BCUT2D eigenvalue weighted by molar-refractivity contribution is 6.34. The van der Waals surface area contributed by atoms with Crippen molar-refractivity contribution < 1.29 is 14.3 Å². The molecule has 100 valence electrons. The molecule has 0 aliphatic carbocycles. The number of carbonyl (C=O) groups is 1. The maximum Gasteiger partial charge on any atom is 0.339 e. The Morgan fingerprint density at radius 2 is 2.11 bits per heavy atom. The molecule has 1 aromatic rings. The van der Waals surface area contributed by atoms with Crippen molar-refractivity contribution in [2.45, 2.75) is 13.8 Å². The first-order valence-corrected chi connectivity index (χ1v) is 6.32. The molecule has 0 amide bonds. The van der Waals surface area contributed by atoms with Gasteiger partial charge in [0.1, 0.15) is 11.8 Å². The number of esters is 1. The van der Waals surface area contributed by atoms with Crippen LogP contribution < -0.4 is 0 Å². The Morgan fingerprint density at radius 3 is 2.78 bits per heavy atom. The fraction of sp³-hybridized carbons (Fsp3) is 0.500. The fourth-order valence-electron chi connectivity index (χ4n) is 1.16. The van der Waals surface area contributed by atoms with Gasteiger partial charge in [-0.05, 0) is 12.0 Å². The smallest absolute Gasteiger partial charge is 0.339 e. The van der Waals surface area contributed by atoms with Crippen molar-refractivity contribution in [3.05, 3.63) is 28.0 Å². The summed E-state index contributed by atoms with van der Waals surface area (Å²) in [7, 11) is 0. The average molecular weight is 292 g/mol. The second-order valence-electron chi connectivity index (χ2n) is 4.09. The summed E-state index contributed by atoms with van der Waals surface area (Å²) in [5.74, 6) is -0.0772. The van der Waals surface area contributed by atoms with Crippen LogP contribution in [0.5, 0.6) is 0 Å². The van der Waals surface area contributed by atoms with Crippen molar-refractivity contribution in [1.82, 2.24) is 4.98 Å². The van der Waals surface area contributed by atoms with E-state index in [0.717, 1.165) is 0 Å². The van der Waals surface area contributed by atoms with Gasteiger partial charge in [-0.3, -0.25) is 0 Å². The molecule has 6 heteroatoms. The van der Waals surface area contributed by atoms with Crippen LogP contribution in [0.3, 0.4) is 0 Å². The quantitative estimate of drug-likeness (QED) is 0.459. The average Bonchev–Trinajstić information content (AvgIpc) is 2.31. The normalized spacial score (nSPS) is 10.7. The molecule has 0 aromatic carbocycles. The van der Waals surface area contributed by atoms with Crippen molar-refractivity contribution in [2.75, 3.05) is 19.8 Å². The van der Waals surface area contributed by atoms with Gasteiger partial charge in [-0.2, -0.15) is 0 Å². The standard InChI is InChI=1S/C12H15Cl2NO3/c1-8(2)7-17-3-4-18-12(16)9-5-11(14)15-6-10(9)13/h5-6,8H,3-4,7H2,1-2H3. The van der Waals surface area contributed by atoms with Crippen molar-refractivity contribution in [3.8, 4) is 0 Å². The molecule has 0 aliphatic rings. The van der Waals surface area contributed by atoms with Crippen LogP contribution in [-0.2, 0) is 9.47 Å². The predicted molar refractivity (Wildman–Crippen MR) is 70.2 cm³/mol. The van der Waals surface area contributed by atoms with E-state index in [1.54, 1.807) is 0 Å². The molecule has 1 rings (SSSR count). The van der Waals surface area contributed by atoms with E-state index in [2.05, 4.69) is 4.98 Å². The minimum atomic E-state index is -0.530. The largest absolute Gasteiger partial charge is 0.460 e. The number of hydrogen-bond donors (Lipinski definition) is 0. The van der Waals surface area contributed by atoms with Crippen molar-refractivity contribution in [3.63, 3.8) is 0 Å². The van der Waals surface area contributed by atoms with E-state index in [1.807, 2.05) is 13.8 Å². The molecule has 0 N–H and O–H groups in total. The lowest BCUT2D eigenvalue weighted by molar-refractivity contribution is 0.0277. The van der Waals surface area contributed by atoms with Crippen molar-refractivity contribution in [1.29, 1.82) is 0 Å². The van der Waals surface area contributed by atoms with Gasteiger partial charge in [-0.25, -0.2) is 9.78 Å². The van der Waals surface area contributed by atoms with E-state index >= 15 is 0 Å². The Balaban J connectivity index is 2.39. The molecule has 0 spiro atoms. The van der Waals surface area contributed by atoms with Crippen LogP contribution in [0.25, 0.3) is 0 Å². The van der Waals surface area contributed by atoms with Gasteiger partial charge >= 0.3 is 5.97 Å². The molecule has 0 aliphatic heterocycles. The number of rotatable bonds is 6. The van der Waals surface area contributed by atoms with Gasteiger partial charge in [0.05, 0.1) is 17.2 Å². The zero-order valence-electron chi connectivity index (χ0n) is 10.3. The molecule has 0 bridgehead atoms. The summed E-state index contributed by atoms with van der Waals surface area (Å²) in [4.78, 5) is 15.4. The molecule has 4 nitrogen and oxygen atoms in total. The van der Waals surface area contributed by atoms with E-state index in [0.29, 0.717) is 19.1 Å². The number of halogens is 2. The van der Waals surface area contributed by atoms with E-state index < -0.39 is 5.97 Å². The molecule has 0 radical (unpaired) electrons. The highest BCUT2D eigenvalue weighted by atomic mass is 35.5. The summed E-state index contributed by atoms with van der Waals surface area (Å²) in [6.07, 6.45) is 1.32. The van der Waals surface area contributed by atoms with E-state index in [4.69, 9.17) is 32.7 Å². The summed E-state index contributed by atoms with van der Waals surface area (Å²) in [5.41, 5.74) is 0.209. The Morgan fingerprint density at radius 1 is 1.39 bits per heavy atom. The van der Waals surface area contributed by atoms with Gasteiger partial charge in [-0.1, -0.05) is 37.0 Å². The van der Waals surface area contributed by atoms with Gasteiger partial charge in [0.15, 0.2) is 0 Å². The second kappa shape index (κ2) is 7.56. The molecule has 1 aromatic heterocycles. The van der Waals surface area contributed by atoms with E-state index in [-0.39, 0.29) is 22.3 Å². The maximum absolute atomic E-state index is 11.7. The number of aromatic nitrogens is 1. The molecule has 0 unspecified atom stereocenters. The highest BCUT2D eigenvalue weighted by Crippen LogP contribution is 2.18. The predicted octanol–water partition coefficient (Wildman–Crippen LogP) is 3.22. The van der Waals surface area contributed by atoms with Crippen LogP contribution in [0.2, 0.25) is 10.2 Å². The first-order valence-electron chi connectivity index (χ1n) is 5.56. The summed E-state index contributed by atoms with van der Waals surface area (Å²) in [6, 6.07) is 1.38. The summed E-state index contributed by atoms with van der Waals surface area (Å²) in [5, 5.41) is 0.412.